The first-order chi connectivity index (χ1) is 8.08. The maximum Gasteiger partial charge on any atom is 0.306 e. The highest BCUT2D eigenvalue weighted by molar-refractivity contribution is 7.15. The Kier molecular flexibility index (Phi) is 3.28. The third-order valence-electron chi connectivity index (χ3n) is 2.65. The number of aryl methyl sites for hydroxylation is 1. The van der Waals surface area contributed by atoms with Gasteiger partial charge in [0.05, 0.1) is 11.6 Å². The van der Waals surface area contributed by atoms with Crippen LogP contribution in [-0.2, 0) is 11.2 Å². The summed E-state index contributed by atoms with van der Waals surface area (Å²) < 4.78 is 0. The number of nitrogens with one attached hydrogen (secondary N) is 1. The van der Waals surface area contributed by atoms with Gasteiger partial charge in [0, 0.05) is 22.8 Å². The van der Waals surface area contributed by atoms with E-state index in [4.69, 9.17) is 5.11 Å². The van der Waals surface area contributed by atoms with E-state index < -0.39 is 5.97 Å². The molecule has 0 bridgehead atoms. The van der Waals surface area contributed by atoms with E-state index in [0.29, 0.717) is 6.42 Å². The van der Waals surface area contributed by atoms with Gasteiger partial charge in [-0.05, 0) is 19.4 Å². The van der Waals surface area contributed by atoms with Crippen molar-refractivity contribution in [1.29, 1.82) is 0 Å². The minimum Gasteiger partial charge on any atom is -0.481 e. The molecular formula is C12H14N2O2S. The first-order valence-electron chi connectivity index (χ1n) is 5.40. The summed E-state index contributed by atoms with van der Waals surface area (Å²) in [5.41, 5.74) is 1.98. The number of thiazole rings is 1. The van der Waals surface area contributed by atoms with Crippen molar-refractivity contribution in [2.75, 3.05) is 0 Å². The van der Waals surface area contributed by atoms with Gasteiger partial charge in [-0.2, -0.15) is 0 Å². The molecule has 0 fully saturated rings. The van der Waals surface area contributed by atoms with Crippen LogP contribution in [0.3, 0.4) is 0 Å². The fourth-order valence-corrected chi connectivity index (χ4v) is 2.75. The van der Waals surface area contributed by atoms with Gasteiger partial charge in [-0.1, -0.05) is 6.92 Å². The van der Waals surface area contributed by atoms with E-state index in [9.17, 15) is 4.79 Å². The van der Waals surface area contributed by atoms with Gasteiger partial charge in [0.15, 0.2) is 0 Å². The number of aliphatic carboxylic acids is 1. The second kappa shape index (κ2) is 4.71. The van der Waals surface area contributed by atoms with Crippen LogP contribution < -0.4 is 0 Å². The van der Waals surface area contributed by atoms with Crippen LogP contribution in [0, 0.1) is 12.8 Å². The van der Waals surface area contributed by atoms with Gasteiger partial charge in [-0.15, -0.1) is 11.3 Å². The Bertz CT molecular complexity index is 517. The smallest absolute Gasteiger partial charge is 0.306 e. The average Bonchev–Trinajstić information content (AvgIpc) is 2.88. The number of carbonyl (C=O) groups is 1. The number of rotatable bonds is 4. The van der Waals surface area contributed by atoms with Crippen LogP contribution in [0.1, 0.15) is 17.5 Å². The highest BCUT2D eigenvalue weighted by Crippen LogP contribution is 2.29. The monoisotopic (exact) mass is 250 g/mol. The molecular weight excluding hydrogens is 236 g/mol. The van der Waals surface area contributed by atoms with Crippen LogP contribution in [0.15, 0.2) is 18.5 Å². The van der Waals surface area contributed by atoms with Crippen molar-refractivity contribution in [3.05, 3.63) is 29.0 Å². The van der Waals surface area contributed by atoms with Gasteiger partial charge < -0.3 is 10.1 Å². The average molecular weight is 250 g/mol. The summed E-state index contributed by atoms with van der Waals surface area (Å²) in [5, 5.41) is 9.85. The van der Waals surface area contributed by atoms with Crippen molar-refractivity contribution in [2.24, 2.45) is 5.92 Å². The van der Waals surface area contributed by atoms with Crippen LogP contribution in [0.4, 0.5) is 0 Å². The summed E-state index contributed by atoms with van der Waals surface area (Å²) in [4.78, 5) is 19.3. The first-order valence-corrected chi connectivity index (χ1v) is 6.22. The minimum atomic E-state index is -0.763. The van der Waals surface area contributed by atoms with Gasteiger partial charge in [-0.25, -0.2) is 4.98 Å². The minimum absolute atomic E-state index is 0.367. The van der Waals surface area contributed by atoms with Crippen molar-refractivity contribution in [2.45, 2.75) is 20.3 Å². The standard InChI is InChI=1S/C12H14N2O2S/c1-7(12(15)16)5-10-8(2)14-11(17-10)9-3-4-13-6-9/h3-4,6-7,13H,5H2,1-2H3,(H,15,16). The molecule has 0 amide bonds. The summed E-state index contributed by atoms with van der Waals surface area (Å²) in [5.74, 6) is -1.13. The second-order valence-corrected chi connectivity index (χ2v) is 5.15. The number of nitrogens with zero attached hydrogens (tertiary/aromatic N) is 1. The van der Waals surface area contributed by atoms with E-state index in [2.05, 4.69) is 9.97 Å². The Hall–Kier alpha value is -1.62. The van der Waals surface area contributed by atoms with Crippen molar-refractivity contribution in [3.63, 3.8) is 0 Å². The Labute approximate surface area is 103 Å². The molecule has 5 heteroatoms. The third-order valence-corrected chi connectivity index (χ3v) is 3.88. The number of H-pyrrole nitrogens is 1. The van der Waals surface area contributed by atoms with E-state index in [0.717, 1.165) is 21.1 Å². The highest BCUT2D eigenvalue weighted by atomic mass is 32.1. The summed E-state index contributed by atoms with van der Waals surface area (Å²) >= 11 is 1.57. The Morgan fingerprint density at radius 3 is 3.00 bits per heavy atom. The molecule has 1 unspecified atom stereocenters. The third kappa shape index (κ3) is 2.55. The first kappa shape index (κ1) is 11.9. The fraction of sp³-hybridized carbons (Fsp3) is 0.333. The molecule has 0 radical (unpaired) electrons. The summed E-state index contributed by atoms with van der Waals surface area (Å²) in [6, 6.07) is 1.96. The van der Waals surface area contributed by atoms with Gasteiger partial charge in [0.1, 0.15) is 5.01 Å². The summed E-state index contributed by atoms with van der Waals surface area (Å²) in [6.45, 7) is 3.65. The van der Waals surface area contributed by atoms with Crippen LogP contribution in [0.5, 0.6) is 0 Å². The molecule has 0 aliphatic carbocycles. The van der Waals surface area contributed by atoms with Crippen molar-refractivity contribution < 1.29 is 9.90 Å². The lowest BCUT2D eigenvalue weighted by Gasteiger charge is -2.03. The molecule has 2 aromatic heterocycles. The van der Waals surface area contributed by atoms with Crippen molar-refractivity contribution in [3.8, 4) is 10.6 Å². The molecule has 0 aromatic carbocycles. The maximum absolute atomic E-state index is 10.8. The SMILES string of the molecule is Cc1nc(-c2cc[nH]c2)sc1CC(C)C(=O)O. The molecule has 2 N–H and O–H groups in total. The second-order valence-electron chi connectivity index (χ2n) is 4.07. The molecule has 0 aliphatic heterocycles. The molecule has 17 heavy (non-hydrogen) atoms. The van der Waals surface area contributed by atoms with E-state index >= 15 is 0 Å². The fourth-order valence-electron chi connectivity index (χ4n) is 1.56. The molecule has 2 aromatic rings. The molecule has 0 spiro atoms. The van der Waals surface area contributed by atoms with E-state index in [1.165, 1.54) is 0 Å². The van der Waals surface area contributed by atoms with Gasteiger partial charge in [0.2, 0.25) is 0 Å². The lowest BCUT2D eigenvalue weighted by molar-refractivity contribution is -0.141. The lowest BCUT2D eigenvalue weighted by Crippen LogP contribution is -2.11. The predicted octanol–water partition coefficient (Wildman–Crippen LogP) is 2.71. The molecule has 0 saturated carbocycles. The van der Waals surface area contributed by atoms with Crippen LogP contribution in [-0.4, -0.2) is 21.0 Å². The zero-order valence-electron chi connectivity index (χ0n) is 9.73. The predicted molar refractivity (Wildman–Crippen MR) is 67.1 cm³/mol. The maximum atomic E-state index is 10.8. The number of carboxylic acids is 1. The zero-order valence-corrected chi connectivity index (χ0v) is 10.5. The number of hydrogen-bond acceptors (Lipinski definition) is 3. The van der Waals surface area contributed by atoms with E-state index in [1.807, 2.05) is 25.4 Å². The zero-order chi connectivity index (χ0) is 12.4. The molecule has 1 atom stereocenters. The molecule has 0 saturated heterocycles. The molecule has 90 valence electrons. The van der Waals surface area contributed by atoms with E-state index in [-0.39, 0.29) is 5.92 Å². The van der Waals surface area contributed by atoms with Gasteiger partial charge in [-0.3, -0.25) is 4.79 Å². The Balaban J connectivity index is 2.22. The van der Waals surface area contributed by atoms with Crippen molar-refractivity contribution >= 4 is 17.3 Å². The number of aromatic nitrogens is 2. The number of aromatic amines is 1. The number of hydrogen-bond donors (Lipinski definition) is 2. The lowest BCUT2D eigenvalue weighted by atomic mass is 10.1. The molecule has 0 aliphatic rings. The Morgan fingerprint density at radius 2 is 2.41 bits per heavy atom. The van der Waals surface area contributed by atoms with Gasteiger partial charge >= 0.3 is 5.97 Å². The molecule has 2 rings (SSSR count). The van der Waals surface area contributed by atoms with Crippen LogP contribution >= 0.6 is 11.3 Å². The van der Waals surface area contributed by atoms with Crippen LogP contribution in [0.2, 0.25) is 0 Å². The highest BCUT2D eigenvalue weighted by Gasteiger charge is 2.16. The van der Waals surface area contributed by atoms with E-state index in [1.54, 1.807) is 18.3 Å². The topological polar surface area (TPSA) is 66.0 Å². The van der Waals surface area contributed by atoms with Crippen LogP contribution in [0.25, 0.3) is 10.6 Å². The van der Waals surface area contributed by atoms with Gasteiger partial charge in [0.25, 0.3) is 0 Å². The largest absolute Gasteiger partial charge is 0.481 e. The quantitative estimate of drug-likeness (QED) is 0.876. The summed E-state index contributed by atoms with van der Waals surface area (Å²) in [6.07, 6.45) is 4.29. The Morgan fingerprint density at radius 1 is 1.65 bits per heavy atom. The number of carboxylic acid groups (broad SMARTS) is 1. The summed E-state index contributed by atoms with van der Waals surface area (Å²) in [7, 11) is 0. The van der Waals surface area contributed by atoms with Crippen molar-refractivity contribution in [1.82, 2.24) is 9.97 Å². The normalized spacial score (nSPS) is 12.6. The molecule has 2 heterocycles. The molecule has 4 nitrogen and oxygen atoms in total.